The molecule has 0 aliphatic rings. The summed E-state index contributed by atoms with van der Waals surface area (Å²) in [6, 6.07) is 5.86. The van der Waals surface area contributed by atoms with Crippen molar-refractivity contribution in [2.75, 3.05) is 11.9 Å². The highest BCUT2D eigenvalue weighted by Crippen LogP contribution is 2.23. The number of hydrogen-bond acceptors (Lipinski definition) is 1. The van der Waals surface area contributed by atoms with E-state index in [0.717, 1.165) is 14.3 Å². The topological polar surface area (TPSA) is 12.0 Å². The molecule has 0 amide bonds. The van der Waals surface area contributed by atoms with Crippen molar-refractivity contribution in [2.24, 2.45) is 0 Å². The van der Waals surface area contributed by atoms with Gasteiger partial charge in [-0.3, -0.25) is 0 Å². The SMILES string of the molecule is Cl/C=C/CNc1ccc(I)cc1Cl. The van der Waals surface area contributed by atoms with Crippen molar-refractivity contribution >= 4 is 51.5 Å². The smallest absolute Gasteiger partial charge is 0.0648 e. The molecule has 0 atom stereocenters. The average Bonchev–Trinajstić information content (AvgIpc) is 2.09. The predicted molar refractivity (Wildman–Crippen MR) is 67.7 cm³/mol. The lowest BCUT2D eigenvalue weighted by atomic mass is 10.3. The van der Waals surface area contributed by atoms with Gasteiger partial charge in [-0.25, -0.2) is 0 Å². The van der Waals surface area contributed by atoms with Crippen LogP contribution in [0.25, 0.3) is 0 Å². The molecule has 1 nitrogen and oxygen atoms in total. The second-order valence-electron chi connectivity index (χ2n) is 2.37. The minimum atomic E-state index is 0.684. The minimum absolute atomic E-state index is 0.684. The molecule has 4 heteroatoms. The lowest BCUT2D eigenvalue weighted by Gasteiger charge is -2.05. The number of anilines is 1. The van der Waals surface area contributed by atoms with Crippen molar-refractivity contribution in [1.29, 1.82) is 0 Å². The van der Waals surface area contributed by atoms with Crippen LogP contribution >= 0.6 is 45.8 Å². The van der Waals surface area contributed by atoms with Gasteiger partial charge in [0.25, 0.3) is 0 Å². The maximum Gasteiger partial charge on any atom is 0.0648 e. The molecule has 1 N–H and O–H groups in total. The van der Waals surface area contributed by atoms with E-state index >= 15 is 0 Å². The molecule has 0 saturated carbocycles. The summed E-state index contributed by atoms with van der Waals surface area (Å²) in [4.78, 5) is 0. The second-order valence-corrected chi connectivity index (χ2v) is 4.27. The lowest BCUT2D eigenvalue weighted by Crippen LogP contribution is -1.98. The van der Waals surface area contributed by atoms with Crippen molar-refractivity contribution in [3.63, 3.8) is 0 Å². The van der Waals surface area contributed by atoms with Gasteiger partial charge in [-0.15, -0.1) is 0 Å². The summed E-state index contributed by atoms with van der Waals surface area (Å²) in [7, 11) is 0. The molecular weight excluding hydrogens is 320 g/mol. The van der Waals surface area contributed by atoms with Crippen LogP contribution in [0.4, 0.5) is 5.69 Å². The summed E-state index contributed by atoms with van der Waals surface area (Å²) in [6.07, 6.45) is 1.82. The van der Waals surface area contributed by atoms with Crippen molar-refractivity contribution in [1.82, 2.24) is 0 Å². The summed E-state index contributed by atoms with van der Waals surface area (Å²) in [5, 5.41) is 3.87. The second kappa shape index (κ2) is 5.73. The lowest BCUT2D eigenvalue weighted by molar-refractivity contribution is 1.34. The first-order valence-corrected chi connectivity index (χ1v) is 5.57. The Balaban J connectivity index is 2.66. The molecule has 0 spiro atoms. The molecule has 1 aromatic carbocycles. The van der Waals surface area contributed by atoms with E-state index in [2.05, 4.69) is 27.9 Å². The van der Waals surface area contributed by atoms with E-state index in [-0.39, 0.29) is 0 Å². The molecule has 1 rings (SSSR count). The molecule has 0 saturated heterocycles. The highest BCUT2D eigenvalue weighted by molar-refractivity contribution is 14.1. The summed E-state index contributed by atoms with van der Waals surface area (Å²) in [6.45, 7) is 0.684. The van der Waals surface area contributed by atoms with Crippen molar-refractivity contribution in [3.05, 3.63) is 38.4 Å². The Bertz CT molecular complexity index is 312. The molecule has 0 aliphatic heterocycles. The Morgan fingerprint density at radius 2 is 2.23 bits per heavy atom. The Morgan fingerprint density at radius 1 is 1.46 bits per heavy atom. The van der Waals surface area contributed by atoms with Crippen LogP contribution in [0.5, 0.6) is 0 Å². The average molecular weight is 328 g/mol. The summed E-state index contributed by atoms with van der Waals surface area (Å²) < 4.78 is 1.13. The molecule has 0 fully saturated rings. The number of nitrogens with one attached hydrogen (secondary N) is 1. The first kappa shape index (κ1) is 11.1. The highest BCUT2D eigenvalue weighted by Gasteiger charge is 1.97. The van der Waals surface area contributed by atoms with Crippen LogP contribution in [0.1, 0.15) is 0 Å². The normalized spacial score (nSPS) is 10.7. The van der Waals surface area contributed by atoms with Crippen LogP contribution in [0, 0.1) is 3.57 Å². The maximum absolute atomic E-state index is 5.98. The largest absolute Gasteiger partial charge is 0.380 e. The number of hydrogen-bond donors (Lipinski definition) is 1. The van der Waals surface area contributed by atoms with Gasteiger partial charge in [-0.2, -0.15) is 0 Å². The zero-order chi connectivity index (χ0) is 9.68. The minimum Gasteiger partial charge on any atom is -0.380 e. The van der Waals surface area contributed by atoms with Gasteiger partial charge < -0.3 is 5.32 Å². The van der Waals surface area contributed by atoms with Gasteiger partial charge in [0, 0.05) is 15.7 Å². The molecule has 13 heavy (non-hydrogen) atoms. The Labute approximate surface area is 101 Å². The van der Waals surface area contributed by atoms with Gasteiger partial charge in [0.2, 0.25) is 0 Å². The van der Waals surface area contributed by atoms with Crippen molar-refractivity contribution in [3.8, 4) is 0 Å². The van der Waals surface area contributed by atoms with Crippen molar-refractivity contribution < 1.29 is 0 Å². The molecule has 0 bridgehead atoms. The quantitative estimate of drug-likeness (QED) is 0.824. The summed E-state index contributed by atoms with van der Waals surface area (Å²) in [5.41, 5.74) is 2.41. The molecule has 0 radical (unpaired) electrons. The van der Waals surface area contributed by atoms with E-state index in [1.807, 2.05) is 24.3 Å². The molecule has 0 aromatic heterocycles. The Morgan fingerprint density at radius 3 is 2.85 bits per heavy atom. The predicted octanol–water partition coefficient (Wildman–Crippen LogP) is 4.11. The van der Waals surface area contributed by atoms with E-state index in [0.29, 0.717) is 6.54 Å². The fraction of sp³-hybridized carbons (Fsp3) is 0.111. The van der Waals surface area contributed by atoms with E-state index in [4.69, 9.17) is 23.2 Å². The van der Waals surface area contributed by atoms with Gasteiger partial charge in [0.15, 0.2) is 0 Å². The van der Waals surface area contributed by atoms with Gasteiger partial charge in [0.05, 0.1) is 10.7 Å². The van der Waals surface area contributed by atoms with Crippen molar-refractivity contribution in [2.45, 2.75) is 0 Å². The monoisotopic (exact) mass is 327 g/mol. The van der Waals surface area contributed by atoms with Gasteiger partial charge in [-0.1, -0.05) is 29.3 Å². The molecule has 0 unspecified atom stereocenters. The third kappa shape index (κ3) is 3.75. The molecule has 0 aliphatic carbocycles. The van der Waals surface area contributed by atoms with Crippen LogP contribution in [0.3, 0.4) is 0 Å². The van der Waals surface area contributed by atoms with Crippen LogP contribution in [-0.2, 0) is 0 Å². The van der Waals surface area contributed by atoms with E-state index in [1.165, 1.54) is 5.54 Å². The molecular formula is C9H8Cl2IN. The first-order valence-electron chi connectivity index (χ1n) is 3.68. The summed E-state index contributed by atoms with van der Waals surface area (Å²) >= 11 is 13.6. The zero-order valence-corrected chi connectivity index (χ0v) is 10.4. The molecule has 70 valence electrons. The molecule has 1 aromatic rings. The fourth-order valence-electron chi connectivity index (χ4n) is 0.846. The number of halogens is 3. The van der Waals surface area contributed by atoms with Gasteiger partial charge in [-0.05, 0) is 40.8 Å². The van der Waals surface area contributed by atoms with E-state index < -0.39 is 0 Å². The van der Waals surface area contributed by atoms with Crippen LogP contribution in [0.15, 0.2) is 29.8 Å². The number of rotatable bonds is 3. The van der Waals surface area contributed by atoms with Crippen LogP contribution < -0.4 is 5.32 Å². The fourth-order valence-corrected chi connectivity index (χ4v) is 1.86. The van der Waals surface area contributed by atoms with Gasteiger partial charge in [0.1, 0.15) is 0 Å². The Hall–Kier alpha value is 0.0700. The first-order chi connectivity index (χ1) is 6.24. The third-order valence-corrected chi connectivity index (χ3v) is 2.59. The summed E-state index contributed by atoms with van der Waals surface area (Å²) in [5.74, 6) is 0. The number of benzene rings is 1. The zero-order valence-electron chi connectivity index (χ0n) is 6.73. The molecule has 0 heterocycles. The van der Waals surface area contributed by atoms with E-state index in [1.54, 1.807) is 0 Å². The third-order valence-electron chi connectivity index (χ3n) is 1.43. The standard InChI is InChI=1S/C9H8Cl2IN/c10-4-1-5-13-9-3-2-7(12)6-8(9)11/h1-4,6,13H,5H2/b4-1+. The van der Waals surface area contributed by atoms with Crippen LogP contribution in [-0.4, -0.2) is 6.54 Å². The van der Waals surface area contributed by atoms with Crippen LogP contribution in [0.2, 0.25) is 5.02 Å². The highest BCUT2D eigenvalue weighted by atomic mass is 127. The Kier molecular flexibility index (Phi) is 4.91. The van der Waals surface area contributed by atoms with E-state index in [9.17, 15) is 0 Å². The van der Waals surface area contributed by atoms with Gasteiger partial charge >= 0.3 is 0 Å². The maximum atomic E-state index is 5.98.